The lowest BCUT2D eigenvalue weighted by atomic mass is 10.2. The minimum atomic E-state index is -0.569. The van der Waals surface area contributed by atoms with Crippen LogP contribution in [-0.2, 0) is 19.1 Å². The molecule has 1 heterocycles. The topological polar surface area (TPSA) is 84.5 Å². The number of thioether (sulfide) groups is 2. The Bertz CT molecular complexity index is 845. The van der Waals surface area contributed by atoms with Crippen LogP contribution in [0.4, 0.5) is 5.69 Å². The summed E-state index contributed by atoms with van der Waals surface area (Å²) in [7, 11) is 0. The standard InChI is InChI=1S/C20H20N2O4S2/c23-18(21-10-11-27-14-6-2-1-3-7-14)13-26-19(24)12-17-20(25)22-15-8-4-5-9-16(15)28-17/h1-9,17H,10-13H2,(H,21,23)(H,22,25)/t17-/m1/s1. The molecule has 6 nitrogen and oxygen atoms in total. The number of ether oxygens (including phenoxy) is 1. The number of anilines is 1. The molecule has 1 aliphatic heterocycles. The van der Waals surface area contributed by atoms with Gasteiger partial charge in [0.2, 0.25) is 5.91 Å². The van der Waals surface area contributed by atoms with Crippen molar-refractivity contribution in [3.63, 3.8) is 0 Å². The predicted octanol–water partition coefficient (Wildman–Crippen LogP) is 2.94. The zero-order chi connectivity index (χ0) is 19.8. The summed E-state index contributed by atoms with van der Waals surface area (Å²) < 4.78 is 5.01. The van der Waals surface area contributed by atoms with E-state index < -0.39 is 11.2 Å². The molecule has 8 heteroatoms. The molecule has 2 amide bonds. The molecule has 1 atom stereocenters. The first-order valence-corrected chi connectivity index (χ1v) is 10.6. The molecule has 2 aromatic rings. The van der Waals surface area contributed by atoms with Gasteiger partial charge in [0.05, 0.1) is 17.4 Å². The second kappa shape index (κ2) is 10.2. The Hall–Kier alpha value is -2.45. The number of hydrogen-bond acceptors (Lipinski definition) is 6. The lowest BCUT2D eigenvalue weighted by Crippen LogP contribution is -2.33. The fraction of sp³-hybridized carbons (Fsp3) is 0.250. The molecule has 0 aliphatic carbocycles. The third-order valence-corrected chi connectivity index (χ3v) is 6.15. The van der Waals surface area contributed by atoms with E-state index in [4.69, 9.17) is 4.74 Å². The number of fused-ring (bicyclic) bond motifs is 1. The van der Waals surface area contributed by atoms with E-state index in [1.807, 2.05) is 54.6 Å². The van der Waals surface area contributed by atoms with Gasteiger partial charge >= 0.3 is 5.97 Å². The van der Waals surface area contributed by atoms with Crippen LogP contribution in [0, 0.1) is 0 Å². The third kappa shape index (κ3) is 6.03. The quantitative estimate of drug-likeness (QED) is 0.391. The SMILES string of the molecule is O=C(COC(=O)C[C@H]1Sc2ccccc2NC1=O)NCCSc1ccccc1. The van der Waals surface area contributed by atoms with Crippen molar-refractivity contribution in [3.8, 4) is 0 Å². The van der Waals surface area contributed by atoms with Gasteiger partial charge in [0.1, 0.15) is 0 Å². The van der Waals surface area contributed by atoms with E-state index in [-0.39, 0.29) is 24.8 Å². The summed E-state index contributed by atoms with van der Waals surface area (Å²) in [5.41, 5.74) is 0.745. The first kappa shape index (κ1) is 20.3. The van der Waals surface area contributed by atoms with Gasteiger partial charge in [-0.2, -0.15) is 0 Å². The smallest absolute Gasteiger partial charge is 0.307 e. The zero-order valence-electron chi connectivity index (χ0n) is 15.1. The molecule has 0 unspecified atom stereocenters. The van der Waals surface area contributed by atoms with Crippen molar-refractivity contribution in [1.82, 2.24) is 5.32 Å². The Morgan fingerprint density at radius 3 is 2.68 bits per heavy atom. The lowest BCUT2D eigenvalue weighted by molar-refractivity contribution is -0.148. The number of nitrogens with one attached hydrogen (secondary N) is 2. The van der Waals surface area contributed by atoms with Crippen molar-refractivity contribution >= 4 is 47.0 Å². The Balaban J connectivity index is 1.34. The second-order valence-corrected chi connectivity index (χ2v) is 8.38. The van der Waals surface area contributed by atoms with Gasteiger partial charge < -0.3 is 15.4 Å². The van der Waals surface area contributed by atoms with Crippen molar-refractivity contribution < 1.29 is 19.1 Å². The minimum absolute atomic E-state index is 0.0814. The van der Waals surface area contributed by atoms with Gasteiger partial charge in [0, 0.05) is 22.1 Å². The molecule has 0 saturated heterocycles. The minimum Gasteiger partial charge on any atom is -0.456 e. The summed E-state index contributed by atoms with van der Waals surface area (Å²) in [6, 6.07) is 17.3. The second-order valence-electron chi connectivity index (χ2n) is 5.97. The summed E-state index contributed by atoms with van der Waals surface area (Å²) >= 11 is 2.96. The van der Waals surface area contributed by atoms with Crippen LogP contribution in [0.5, 0.6) is 0 Å². The highest BCUT2D eigenvalue weighted by molar-refractivity contribution is 8.01. The molecule has 2 N–H and O–H groups in total. The molecular weight excluding hydrogens is 396 g/mol. The molecule has 146 valence electrons. The average molecular weight is 417 g/mol. The maximum atomic E-state index is 12.1. The van der Waals surface area contributed by atoms with Crippen LogP contribution in [0.2, 0.25) is 0 Å². The molecule has 0 spiro atoms. The fourth-order valence-electron chi connectivity index (χ4n) is 2.51. The molecule has 28 heavy (non-hydrogen) atoms. The first-order valence-electron chi connectivity index (χ1n) is 8.78. The Kier molecular flexibility index (Phi) is 7.39. The van der Waals surface area contributed by atoms with Crippen molar-refractivity contribution in [2.75, 3.05) is 24.2 Å². The zero-order valence-corrected chi connectivity index (χ0v) is 16.7. The summed E-state index contributed by atoms with van der Waals surface area (Å²) in [6.45, 7) is 0.137. The Morgan fingerprint density at radius 1 is 1.11 bits per heavy atom. The number of rotatable bonds is 8. The van der Waals surface area contributed by atoms with Crippen molar-refractivity contribution in [3.05, 3.63) is 54.6 Å². The molecular formula is C20H20N2O4S2. The number of esters is 1. The van der Waals surface area contributed by atoms with E-state index in [0.29, 0.717) is 6.54 Å². The normalized spacial score (nSPS) is 15.3. The first-order chi connectivity index (χ1) is 13.6. The highest BCUT2D eigenvalue weighted by Crippen LogP contribution is 2.36. The van der Waals surface area contributed by atoms with E-state index in [0.717, 1.165) is 21.2 Å². The van der Waals surface area contributed by atoms with Crippen LogP contribution in [-0.4, -0.2) is 41.9 Å². The van der Waals surface area contributed by atoms with Gasteiger partial charge in [-0.15, -0.1) is 23.5 Å². The van der Waals surface area contributed by atoms with E-state index >= 15 is 0 Å². The van der Waals surface area contributed by atoms with E-state index in [2.05, 4.69) is 10.6 Å². The van der Waals surface area contributed by atoms with Crippen molar-refractivity contribution in [1.29, 1.82) is 0 Å². The molecule has 0 radical (unpaired) electrons. The monoisotopic (exact) mass is 416 g/mol. The number of benzene rings is 2. The molecule has 0 fully saturated rings. The van der Waals surface area contributed by atoms with Gasteiger partial charge in [0.15, 0.2) is 6.61 Å². The van der Waals surface area contributed by atoms with Gasteiger partial charge in [-0.25, -0.2) is 0 Å². The maximum Gasteiger partial charge on any atom is 0.307 e. The van der Waals surface area contributed by atoms with Gasteiger partial charge in [-0.05, 0) is 24.3 Å². The van der Waals surface area contributed by atoms with Crippen LogP contribution in [0.1, 0.15) is 6.42 Å². The third-order valence-electron chi connectivity index (χ3n) is 3.86. The summed E-state index contributed by atoms with van der Waals surface area (Å²) in [5, 5.41) is 4.93. The highest BCUT2D eigenvalue weighted by Gasteiger charge is 2.29. The molecule has 2 aromatic carbocycles. The highest BCUT2D eigenvalue weighted by atomic mass is 32.2. The van der Waals surface area contributed by atoms with E-state index in [9.17, 15) is 14.4 Å². The van der Waals surface area contributed by atoms with Crippen LogP contribution in [0.15, 0.2) is 64.4 Å². The van der Waals surface area contributed by atoms with Crippen LogP contribution >= 0.6 is 23.5 Å². The van der Waals surface area contributed by atoms with E-state index in [1.54, 1.807) is 11.8 Å². The van der Waals surface area contributed by atoms with E-state index in [1.165, 1.54) is 11.8 Å². The fourth-order valence-corrected chi connectivity index (χ4v) is 4.39. The summed E-state index contributed by atoms with van der Waals surface area (Å²) in [5.74, 6) is -0.431. The molecule has 0 saturated carbocycles. The lowest BCUT2D eigenvalue weighted by Gasteiger charge is -2.23. The Labute approximate surface area is 171 Å². The molecule has 1 aliphatic rings. The average Bonchev–Trinajstić information content (AvgIpc) is 2.71. The maximum absolute atomic E-state index is 12.1. The summed E-state index contributed by atoms with van der Waals surface area (Å²) in [4.78, 5) is 37.9. The van der Waals surface area contributed by atoms with Crippen LogP contribution in [0.3, 0.4) is 0 Å². The van der Waals surface area contributed by atoms with Crippen LogP contribution in [0.25, 0.3) is 0 Å². The number of carbonyl (C=O) groups excluding carboxylic acids is 3. The molecule has 0 aromatic heterocycles. The van der Waals surface area contributed by atoms with Crippen LogP contribution < -0.4 is 10.6 Å². The molecule has 3 rings (SSSR count). The van der Waals surface area contributed by atoms with Gasteiger partial charge in [-0.1, -0.05) is 30.3 Å². The Morgan fingerprint density at radius 2 is 1.86 bits per heavy atom. The van der Waals surface area contributed by atoms with Gasteiger partial charge in [0.25, 0.3) is 5.91 Å². The number of hydrogen-bond donors (Lipinski definition) is 2. The predicted molar refractivity (Wildman–Crippen MR) is 110 cm³/mol. The largest absolute Gasteiger partial charge is 0.456 e. The molecule has 0 bridgehead atoms. The van der Waals surface area contributed by atoms with Crippen molar-refractivity contribution in [2.24, 2.45) is 0 Å². The summed E-state index contributed by atoms with van der Waals surface area (Å²) in [6.07, 6.45) is -0.0814. The number of amides is 2. The van der Waals surface area contributed by atoms with Crippen molar-refractivity contribution in [2.45, 2.75) is 21.5 Å². The number of para-hydroxylation sites is 1. The number of carbonyl (C=O) groups is 3. The van der Waals surface area contributed by atoms with Gasteiger partial charge in [-0.3, -0.25) is 14.4 Å².